The molecule has 1 amide bonds. The van der Waals surface area contributed by atoms with Crippen molar-refractivity contribution in [2.75, 3.05) is 37.7 Å². The minimum absolute atomic E-state index is 0.00566. The molecule has 5 heteroatoms. The number of hydrogen-bond acceptors (Lipinski definition) is 4. The monoisotopic (exact) mass is 259 g/mol. The second-order valence-electron chi connectivity index (χ2n) is 4.57. The summed E-state index contributed by atoms with van der Waals surface area (Å²) in [5.74, 6) is 2.41. The van der Waals surface area contributed by atoms with E-state index in [1.54, 1.807) is 0 Å². The highest BCUT2D eigenvalue weighted by molar-refractivity contribution is 7.99. The molecule has 1 fully saturated rings. The van der Waals surface area contributed by atoms with Gasteiger partial charge in [-0.25, -0.2) is 0 Å². The Hall–Kier alpha value is -0.260. The van der Waals surface area contributed by atoms with E-state index in [4.69, 9.17) is 5.73 Å². The van der Waals surface area contributed by atoms with Crippen LogP contribution in [0.1, 0.15) is 26.7 Å². The van der Waals surface area contributed by atoms with Crippen molar-refractivity contribution in [1.29, 1.82) is 0 Å². The summed E-state index contributed by atoms with van der Waals surface area (Å²) in [7, 11) is 0. The molecule has 1 aliphatic rings. The van der Waals surface area contributed by atoms with Crippen molar-refractivity contribution in [3.8, 4) is 0 Å². The zero-order chi connectivity index (χ0) is 12.7. The predicted octanol–water partition coefficient (Wildman–Crippen LogP) is 0.669. The minimum Gasteiger partial charge on any atom is -0.353 e. The lowest BCUT2D eigenvalue weighted by atomic mass is 9.93. The topological polar surface area (TPSA) is 58.4 Å². The highest BCUT2D eigenvalue weighted by Crippen LogP contribution is 2.11. The first-order valence-corrected chi connectivity index (χ1v) is 7.65. The van der Waals surface area contributed by atoms with Gasteiger partial charge in [0.25, 0.3) is 0 Å². The fourth-order valence-electron chi connectivity index (χ4n) is 1.90. The summed E-state index contributed by atoms with van der Waals surface area (Å²) < 4.78 is 0. The number of thioether (sulfide) groups is 1. The zero-order valence-corrected chi connectivity index (χ0v) is 11.8. The predicted molar refractivity (Wildman–Crippen MR) is 74.3 cm³/mol. The van der Waals surface area contributed by atoms with E-state index in [0.29, 0.717) is 19.4 Å². The Labute approximate surface area is 109 Å². The van der Waals surface area contributed by atoms with E-state index < -0.39 is 5.54 Å². The fourth-order valence-corrected chi connectivity index (χ4v) is 2.88. The van der Waals surface area contributed by atoms with Crippen LogP contribution in [0.3, 0.4) is 0 Å². The summed E-state index contributed by atoms with van der Waals surface area (Å²) in [5.41, 5.74) is 5.35. The molecule has 0 atom stereocenters. The number of nitrogens with one attached hydrogen (secondary N) is 1. The van der Waals surface area contributed by atoms with Crippen LogP contribution in [0.5, 0.6) is 0 Å². The van der Waals surface area contributed by atoms with Crippen LogP contribution in [0.15, 0.2) is 0 Å². The van der Waals surface area contributed by atoms with E-state index >= 15 is 0 Å². The van der Waals surface area contributed by atoms with Gasteiger partial charge in [0.15, 0.2) is 0 Å². The number of amides is 1. The van der Waals surface area contributed by atoms with Crippen molar-refractivity contribution < 1.29 is 4.79 Å². The maximum atomic E-state index is 11.9. The minimum atomic E-state index is -0.683. The SMILES string of the molecule is CCC(N)(CC)C(=O)NCCN1CCSCC1. The lowest BCUT2D eigenvalue weighted by molar-refractivity contribution is -0.126. The third kappa shape index (κ3) is 4.48. The van der Waals surface area contributed by atoms with Gasteiger partial charge in [0.2, 0.25) is 5.91 Å². The van der Waals surface area contributed by atoms with Gasteiger partial charge in [-0.2, -0.15) is 11.8 Å². The molecule has 1 rings (SSSR count). The Morgan fingerprint density at radius 1 is 1.35 bits per heavy atom. The molecular formula is C12H25N3OS. The van der Waals surface area contributed by atoms with Gasteiger partial charge in [0.05, 0.1) is 5.54 Å². The van der Waals surface area contributed by atoms with Crippen LogP contribution in [0.25, 0.3) is 0 Å². The van der Waals surface area contributed by atoms with Gasteiger partial charge in [-0.3, -0.25) is 9.69 Å². The van der Waals surface area contributed by atoms with Gasteiger partial charge in [-0.15, -0.1) is 0 Å². The summed E-state index contributed by atoms with van der Waals surface area (Å²) in [5, 5.41) is 2.96. The number of carbonyl (C=O) groups is 1. The number of rotatable bonds is 6. The number of carbonyl (C=O) groups excluding carboxylic acids is 1. The largest absolute Gasteiger partial charge is 0.353 e. The van der Waals surface area contributed by atoms with Crippen LogP contribution in [0.4, 0.5) is 0 Å². The lowest BCUT2D eigenvalue weighted by Gasteiger charge is -2.28. The highest BCUT2D eigenvalue weighted by Gasteiger charge is 2.29. The summed E-state index contributed by atoms with van der Waals surface area (Å²) in [6.45, 7) is 7.85. The molecule has 1 aliphatic heterocycles. The van der Waals surface area contributed by atoms with Gasteiger partial charge in [0, 0.05) is 37.7 Å². The van der Waals surface area contributed by atoms with Crippen LogP contribution in [-0.2, 0) is 4.79 Å². The van der Waals surface area contributed by atoms with Crippen LogP contribution < -0.4 is 11.1 Å². The molecule has 0 aliphatic carbocycles. The van der Waals surface area contributed by atoms with E-state index in [1.807, 2.05) is 25.6 Å². The first-order chi connectivity index (χ1) is 8.12. The van der Waals surface area contributed by atoms with Gasteiger partial charge in [-0.1, -0.05) is 13.8 Å². The Morgan fingerprint density at radius 3 is 2.47 bits per heavy atom. The molecule has 0 bridgehead atoms. The molecule has 0 aromatic rings. The Kier molecular flexibility index (Phi) is 6.30. The molecule has 3 N–H and O–H groups in total. The molecular weight excluding hydrogens is 234 g/mol. The normalized spacial score (nSPS) is 18.1. The molecule has 1 saturated heterocycles. The summed E-state index contributed by atoms with van der Waals surface area (Å²) >= 11 is 2.00. The third-order valence-electron chi connectivity index (χ3n) is 3.53. The van der Waals surface area contributed by atoms with E-state index in [1.165, 1.54) is 11.5 Å². The maximum Gasteiger partial charge on any atom is 0.240 e. The highest BCUT2D eigenvalue weighted by atomic mass is 32.2. The average Bonchev–Trinajstić information content (AvgIpc) is 2.39. The molecule has 0 spiro atoms. The van der Waals surface area contributed by atoms with Gasteiger partial charge in [0.1, 0.15) is 0 Å². The van der Waals surface area contributed by atoms with Crippen molar-refractivity contribution in [2.45, 2.75) is 32.2 Å². The summed E-state index contributed by atoms with van der Waals surface area (Å²) in [6, 6.07) is 0. The number of nitrogens with two attached hydrogens (primary N) is 1. The number of hydrogen-bond donors (Lipinski definition) is 2. The van der Waals surface area contributed by atoms with Crippen LogP contribution in [0.2, 0.25) is 0 Å². The van der Waals surface area contributed by atoms with Gasteiger partial charge >= 0.3 is 0 Å². The molecule has 0 aromatic carbocycles. The second-order valence-corrected chi connectivity index (χ2v) is 5.80. The lowest BCUT2D eigenvalue weighted by Crippen LogP contribution is -2.54. The standard InChI is InChI=1S/C12H25N3OS/c1-3-12(13,4-2)11(16)14-5-6-15-7-9-17-10-8-15/h3-10,13H2,1-2H3,(H,14,16). The first-order valence-electron chi connectivity index (χ1n) is 6.49. The van der Waals surface area contributed by atoms with Crippen molar-refractivity contribution in [3.63, 3.8) is 0 Å². The summed E-state index contributed by atoms with van der Waals surface area (Å²) in [4.78, 5) is 14.3. The van der Waals surface area contributed by atoms with E-state index in [-0.39, 0.29) is 5.91 Å². The third-order valence-corrected chi connectivity index (χ3v) is 4.47. The van der Waals surface area contributed by atoms with Gasteiger partial charge in [-0.05, 0) is 12.8 Å². The zero-order valence-electron chi connectivity index (χ0n) is 11.0. The van der Waals surface area contributed by atoms with E-state index in [0.717, 1.165) is 19.6 Å². The van der Waals surface area contributed by atoms with E-state index in [2.05, 4.69) is 10.2 Å². The van der Waals surface area contributed by atoms with Crippen molar-refractivity contribution in [2.24, 2.45) is 5.73 Å². The van der Waals surface area contributed by atoms with Crippen LogP contribution in [0, 0.1) is 0 Å². The molecule has 17 heavy (non-hydrogen) atoms. The average molecular weight is 259 g/mol. The Bertz CT molecular complexity index is 238. The molecule has 100 valence electrons. The molecule has 0 unspecified atom stereocenters. The Balaban J connectivity index is 2.23. The summed E-state index contributed by atoms with van der Waals surface area (Å²) in [6.07, 6.45) is 1.38. The molecule has 4 nitrogen and oxygen atoms in total. The van der Waals surface area contributed by atoms with Gasteiger partial charge < -0.3 is 11.1 Å². The van der Waals surface area contributed by atoms with Crippen LogP contribution in [-0.4, -0.2) is 54.0 Å². The maximum absolute atomic E-state index is 11.9. The first kappa shape index (κ1) is 14.8. The molecule has 1 heterocycles. The smallest absolute Gasteiger partial charge is 0.240 e. The fraction of sp³-hybridized carbons (Fsp3) is 0.917. The van der Waals surface area contributed by atoms with Crippen molar-refractivity contribution in [3.05, 3.63) is 0 Å². The Morgan fingerprint density at radius 2 is 1.94 bits per heavy atom. The molecule has 0 saturated carbocycles. The van der Waals surface area contributed by atoms with E-state index in [9.17, 15) is 4.79 Å². The van der Waals surface area contributed by atoms with Crippen molar-refractivity contribution >= 4 is 17.7 Å². The van der Waals surface area contributed by atoms with Crippen molar-refractivity contribution in [1.82, 2.24) is 10.2 Å². The molecule has 0 aromatic heterocycles. The quantitative estimate of drug-likeness (QED) is 0.736. The molecule has 0 radical (unpaired) electrons. The van der Waals surface area contributed by atoms with Crippen LogP contribution >= 0.6 is 11.8 Å². The second kappa shape index (κ2) is 7.24. The number of nitrogens with zero attached hydrogens (tertiary/aromatic N) is 1.